The van der Waals surface area contributed by atoms with Crippen molar-refractivity contribution in [2.24, 2.45) is 0 Å². The summed E-state index contributed by atoms with van der Waals surface area (Å²) in [5, 5.41) is 12.4. The van der Waals surface area contributed by atoms with Gasteiger partial charge in [0.05, 0.1) is 5.56 Å². The molecular weight excluding hydrogens is 361 g/mol. The number of likely N-dealkylation sites (N-methyl/N-ethyl adjacent to an activating group) is 1. The molecule has 3 heterocycles. The number of Topliss-reactive ketones (excluding diaryl/α,β-unsaturated/α-hetero) is 2. The predicted molar refractivity (Wildman–Crippen MR) is 106 cm³/mol. The summed E-state index contributed by atoms with van der Waals surface area (Å²) in [5.74, 6) is 0.116. The molecule has 0 saturated carbocycles. The van der Waals surface area contributed by atoms with Crippen molar-refractivity contribution in [1.82, 2.24) is 4.90 Å². The Kier molecular flexibility index (Phi) is 4.93. The molecule has 2 aliphatic rings. The highest BCUT2D eigenvalue weighted by atomic mass is 32.1. The lowest BCUT2D eigenvalue weighted by Crippen LogP contribution is -2.36. The van der Waals surface area contributed by atoms with Crippen LogP contribution in [0.5, 0.6) is 5.75 Å². The van der Waals surface area contributed by atoms with Crippen LogP contribution in [-0.2, 0) is 19.4 Å². The first-order valence-corrected chi connectivity index (χ1v) is 10.1. The van der Waals surface area contributed by atoms with Gasteiger partial charge in [0.15, 0.2) is 11.6 Å². The molecular formula is C20H22BNO4S. The molecule has 2 aromatic rings. The number of hydrogen-bond acceptors (Lipinski definition) is 6. The molecule has 0 aliphatic carbocycles. The van der Waals surface area contributed by atoms with Gasteiger partial charge in [-0.15, -0.1) is 11.3 Å². The first-order chi connectivity index (χ1) is 12.9. The lowest BCUT2D eigenvalue weighted by atomic mass is 9.64. The van der Waals surface area contributed by atoms with Crippen LogP contribution < -0.4 is 4.65 Å². The Labute approximate surface area is 163 Å². The zero-order valence-corrected chi connectivity index (χ0v) is 16.3. The van der Waals surface area contributed by atoms with Crippen LogP contribution in [0.15, 0.2) is 23.6 Å². The molecule has 4 rings (SSSR count). The Morgan fingerprint density at radius 2 is 2.19 bits per heavy atom. The summed E-state index contributed by atoms with van der Waals surface area (Å²) >= 11 is 1.65. The smallest absolute Gasteiger partial charge is 0.526 e. The molecule has 0 spiro atoms. The van der Waals surface area contributed by atoms with Crippen molar-refractivity contribution in [1.29, 1.82) is 0 Å². The molecule has 140 valence electrons. The van der Waals surface area contributed by atoms with E-state index < -0.39 is 7.12 Å². The van der Waals surface area contributed by atoms with Crippen LogP contribution in [0.3, 0.4) is 0 Å². The van der Waals surface area contributed by atoms with Crippen LogP contribution in [0.25, 0.3) is 0 Å². The second-order valence-corrected chi connectivity index (χ2v) is 8.45. The van der Waals surface area contributed by atoms with E-state index in [4.69, 9.17) is 4.65 Å². The summed E-state index contributed by atoms with van der Waals surface area (Å²) in [6.07, 6.45) is 1.66. The minimum Gasteiger partial charge on any atom is -0.535 e. The lowest BCUT2D eigenvalue weighted by Gasteiger charge is -2.28. The highest BCUT2D eigenvalue weighted by Gasteiger charge is 2.38. The van der Waals surface area contributed by atoms with E-state index in [1.807, 2.05) is 17.5 Å². The van der Waals surface area contributed by atoms with Crippen molar-refractivity contribution in [2.75, 3.05) is 13.6 Å². The van der Waals surface area contributed by atoms with Crippen molar-refractivity contribution < 1.29 is 19.3 Å². The molecule has 0 fully saturated rings. The Bertz CT molecular complexity index is 909. The second kappa shape index (κ2) is 7.22. The quantitative estimate of drug-likeness (QED) is 0.650. The number of carbonyl (C=O) groups excluding carboxylic acids is 2. The van der Waals surface area contributed by atoms with E-state index >= 15 is 0 Å². The molecule has 1 N–H and O–H groups in total. The average Bonchev–Trinajstić information content (AvgIpc) is 3.04. The highest BCUT2D eigenvalue weighted by molar-refractivity contribution is 7.10. The van der Waals surface area contributed by atoms with Crippen LogP contribution in [0, 0.1) is 0 Å². The SMILES string of the molecule is CC(=O)c1cccc2c1OB(O)[C@@H](CC(=O)c1csc3c1CCN(C)C3)C2. The predicted octanol–water partition coefficient (Wildman–Crippen LogP) is 3.00. The normalized spacial score (nSPS) is 19.2. The van der Waals surface area contributed by atoms with Crippen molar-refractivity contribution in [3.63, 3.8) is 0 Å². The molecule has 5 nitrogen and oxygen atoms in total. The molecule has 0 radical (unpaired) electrons. The van der Waals surface area contributed by atoms with Crippen LogP contribution in [0.1, 0.15) is 50.1 Å². The number of rotatable bonds is 4. The number of nitrogens with zero attached hydrogens (tertiary/aromatic N) is 1. The van der Waals surface area contributed by atoms with Gasteiger partial charge in [0, 0.05) is 41.1 Å². The summed E-state index contributed by atoms with van der Waals surface area (Å²) in [4.78, 5) is 28.2. The maximum atomic E-state index is 12.9. The molecule has 1 aromatic heterocycles. The summed E-state index contributed by atoms with van der Waals surface area (Å²) in [7, 11) is 1.01. The first-order valence-electron chi connectivity index (χ1n) is 9.22. The molecule has 0 bridgehead atoms. The van der Waals surface area contributed by atoms with Crippen LogP contribution in [0.2, 0.25) is 5.82 Å². The van der Waals surface area contributed by atoms with Crippen molar-refractivity contribution in [2.45, 2.75) is 38.5 Å². The van der Waals surface area contributed by atoms with Gasteiger partial charge < -0.3 is 14.6 Å². The fourth-order valence-corrected chi connectivity index (χ4v) is 5.16. The van der Waals surface area contributed by atoms with E-state index in [-0.39, 0.29) is 23.8 Å². The van der Waals surface area contributed by atoms with Gasteiger partial charge in [-0.1, -0.05) is 12.1 Å². The molecule has 0 amide bonds. The number of para-hydroxylation sites is 1. The maximum Gasteiger partial charge on any atom is 0.526 e. The molecule has 7 heteroatoms. The summed E-state index contributed by atoms with van der Waals surface area (Å²) < 4.78 is 5.66. The number of ketones is 2. The summed E-state index contributed by atoms with van der Waals surface area (Å²) in [6, 6.07) is 5.42. The molecule has 1 aromatic carbocycles. The van der Waals surface area contributed by atoms with Gasteiger partial charge in [-0.2, -0.15) is 0 Å². The number of benzene rings is 1. The summed E-state index contributed by atoms with van der Waals surface area (Å²) in [6.45, 7) is 3.34. The largest absolute Gasteiger partial charge is 0.535 e. The van der Waals surface area contributed by atoms with Gasteiger partial charge in [0.1, 0.15) is 5.75 Å². The van der Waals surface area contributed by atoms with Gasteiger partial charge in [-0.05, 0) is 44.0 Å². The van der Waals surface area contributed by atoms with Gasteiger partial charge in [-0.3, -0.25) is 9.59 Å². The first kappa shape index (κ1) is 18.4. The van der Waals surface area contributed by atoms with Crippen molar-refractivity contribution in [3.05, 3.63) is 50.7 Å². The number of hydrogen-bond donors (Lipinski definition) is 1. The Morgan fingerprint density at radius 1 is 1.37 bits per heavy atom. The van der Waals surface area contributed by atoms with E-state index in [0.717, 1.165) is 30.6 Å². The molecule has 1 atom stereocenters. The highest BCUT2D eigenvalue weighted by Crippen LogP contribution is 2.38. The van der Waals surface area contributed by atoms with Crippen LogP contribution >= 0.6 is 11.3 Å². The Morgan fingerprint density at radius 3 is 2.96 bits per heavy atom. The standard InChI is InChI=1S/C20H22BNO4S/c1-12(23)15-5-3-4-13-8-14(21(25)26-20(13)15)9-18(24)17-11-27-19-10-22(2)7-6-16(17)19/h3-5,11,14,25H,6-10H2,1-2H3/t14-/m1/s1. The topological polar surface area (TPSA) is 66.8 Å². The number of thiophene rings is 1. The molecule has 0 unspecified atom stereocenters. The van der Waals surface area contributed by atoms with Crippen LogP contribution in [0.4, 0.5) is 0 Å². The van der Waals surface area contributed by atoms with Crippen molar-refractivity contribution in [3.8, 4) is 5.75 Å². The van der Waals surface area contributed by atoms with Gasteiger partial charge in [0.2, 0.25) is 0 Å². The zero-order chi connectivity index (χ0) is 19.1. The van der Waals surface area contributed by atoms with Crippen molar-refractivity contribution >= 4 is 30.0 Å². The number of fused-ring (bicyclic) bond motifs is 2. The Hall–Kier alpha value is -1.96. The van der Waals surface area contributed by atoms with E-state index in [1.165, 1.54) is 17.4 Å². The molecule has 0 saturated heterocycles. The fourth-order valence-electron chi connectivity index (χ4n) is 3.97. The fraction of sp³-hybridized carbons (Fsp3) is 0.400. The van der Waals surface area contributed by atoms with Gasteiger partial charge in [-0.25, -0.2) is 0 Å². The third kappa shape index (κ3) is 3.47. The van der Waals surface area contributed by atoms with E-state index in [0.29, 0.717) is 17.7 Å². The minimum absolute atomic E-state index is 0.0656. The zero-order valence-electron chi connectivity index (χ0n) is 15.5. The monoisotopic (exact) mass is 383 g/mol. The van der Waals surface area contributed by atoms with Gasteiger partial charge >= 0.3 is 7.12 Å². The molecule has 2 aliphatic heterocycles. The number of carbonyl (C=O) groups is 2. The van der Waals surface area contributed by atoms with E-state index in [9.17, 15) is 14.6 Å². The van der Waals surface area contributed by atoms with Crippen LogP contribution in [-0.4, -0.2) is 42.2 Å². The van der Waals surface area contributed by atoms with E-state index in [1.54, 1.807) is 17.4 Å². The second-order valence-electron chi connectivity index (χ2n) is 7.49. The van der Waals surface area contributed by atoms with E-state index in [2.05, 4.69) is 11.9 Å². The minimum atomic E-state index is -1.08. The Balaban J connectivity index is 1.53. The summed E-state index contributed by atoms with van der Waals surface area (Å²) in [5.41, 5.74) is 3.33. The third-order valence-electron chi connectivity index (χ3n) is 5.49. The lowest BCUT2D eigenvalue weighted by molar-refractivity contribution is 0.0970. The van der Waals surface area contributed by atoms with Gasteiger partial charge in [0.25, 0.3) is 0 Å². The maximum absolute atomic E-state index is 12.9. The third-order valence-corrected chi connectivity index (χ3v) is 6.50. The average molecular weight is 383 g/mol. The molecule has 27 heavy (non-hydrogen) atoms.